The van der Waals surface area contributed by atoms with E-state index in [4.69, 9.17) is 16.9 Å². The predicted octanol–water partition coefficient (Wildman–Crippen LogP) is -0.346. The van der Waals surface area contributed by atoms with Crippen LogP contribution in [0.1, 0.15) is 6.42 Å². The summed E-state index contributed by atoms with van der Waals surface area (Å²) in [6.45, 7) is -0.0977. The van der Waals surface area contributed by atoms with Crippen LogP contribution in [-0.2, 0) is 9.53 Å². The summed E-state index contributed by atoms with van der Waals surface area (Å²) in [5.41, 5.74) is 0. The molecule has 0 aliphatic rings. The summed E-state index contributed by atoms with van der Waals surface area (Å²) in [4.78, 5) is 12.8. The zero-order valence-electron chi connectivity index (χ0n) is 5.63. The highest BCUT2D eigenvalue weighted by molar-refractivity contribution is 6.14. The Bertz CT molecular complexity index is 109. The Morgan fingerprint density at radius 3 is 2.80 bits per heavy atom. The number of rotatable bonds is 4. The van der Waals surface area contributed by atoms with E-state index in [1.807, 2.05) is 0 Å². The Balaban J connectivity index is 3.68. The number of hydrogen-bond donors (Lipinski definition) is 2. The van der Waals surface area contributed by atoms with E-state index in [2.05, 4.69) is 9.57 Å². The number of aliphatic hydroxyl groups is 1. The highest BCUT2D eigenvalue weighted by Crippen LogP contribution is 1.94. The molecule has 0 heterocycles. The summed E-state index contributed by atoms with van der Waals surface area (Å²) in [7, 11) is 1.26. The quantitative estimate of drug-likeness (QED) is 0.444. The zero-order valence-corrected chi connectivity index (χ0v) is 6.39. The Hall–Kier alpha value is -0.320. The Morgan fingerprint density at radius 1 is 1.90 bits per heavy atom. The molecule has 0 rings (SSSR count). The molecular formula is C5H10ClNO3. The lowest BCUT2D eigenvalue weighted by atomic mass is 10.2. The smallest absolute Gasteiger partial charge is 0.324 e. The van der Waals surface area contributed by atoms with Gasteiger partial charge < -0.3 is 9.84 Å². The van der Waals surface area contributed by atoms with Crippen LogP contribution in [0.4, 0.5) is 0 Å². The van der Waals surface area contributed by atoms with Gasteiger partial charge in [-0.25, -0.2) is 4.84 Å². The van der Waals surface area contributed by atoms with E-state index in [-0.39, 0.29) is 13.0 Å². The summed E-state index contributed by atoms with van der Waals surface area (Å²) >= 11 is 5.16. The van der Waals surface area contributed by atoms with Crippen LogP contribution in [0.2, 0.25) is 0 Å². The summed E-state index contributed by atoms with van der Waals surface area (Å²) in [5.74, 6) is -0.468. The number of ether oxygens (including phenoxy) is 1. The first kappa shape index (κ1) is 9.68. The Kier molecular flexibility index (Phi) is 5.29. The van der Waals surface area contributed by atoms with Crippen molar-refractivity contribution in [3.8, 4) is 0 Å². The van der Waals surface area contributed by atoms with Gasteiger partial charge in [-0.2, -0.15) is 0 Å². The van der Waals surface area contributed by atoms with Crippen molar-refractivity contribution >= 4 is 17.7 Å². The van der Waals surface area contributed by atoms with Gasteiger partial charge in [0.1, 0.15) is 6.04 Å². The van der Waals surface area contributed by atoms with Crippen LogP contribution in [0, 0.1) is 0 Å². The van der Waals surface area contributed by atoms with E-state index < -0.39 is 12.0 Å². The average molecular weight is 168 g/mol. The number of esters is 1. The molecule has 0 radical (unpaired) electrons. The molecule has 5 heteroatoms. The Labute approximate surface area is 64.2 Å². The molecule has 0 amide bonds. The molecule has 0 saturated carbocycles. The minimum atomic E-state index is -0.614. The standard InChI is InChI=1S/C5H10ClNO3/c1-10-5(9)4(7-6)2-3-8/h4,7-8H,2-3H2,1H3. The third-order valence-corrected chi connectivity index (χ3v) is 1.30. The van der Waals surface area contributed by atoms with Crippen molar-refractivity contribution < 1.29 is 14.6 Å². The minimum Gasteiger partial charge on any atom is -0.468 e. The van der Waals surface area contributed by atoms with E-state index in [1.165, 1.54) is 7.11 Å². The molecule has 0 aromatic heterocycles. The lowest BCUT2D eigenvalue weighted by Crippen LogP contribution is -2.32. The second kappa shape index (κ2) is 5.46. The van der Waals surface area contributed by atoms with Gasteiger partial charge in [0.15, 0.2) is 0 Å². The largest absolute Gasteiger partial charge is 0.468 e. The maximum Gasteiger partial charge on any atom is 0.324 e. The second-order valence-electron chi connectivity index (χ2n) is 1.70. The third-order valence-electron chi connectivity index (χ3n) is 1.04. The molecule has 0 saturated heterocycles. The van der Waals surface area contributed by atoms with Crippen LogP contribution in [-0.4, -0.2) is 30.8 Å². The topological polar surface area (TPSA) is 58.6 Å². The second-order valence-corrected chi connectivity index (χ2v) is 1.92. The Morgan fingerprint density at radius 2 is 2.50 bits per heavy atom. The number of aliphatic hydroxyl groups excluding tert-OH is 1. The molecule has 0 aromatic carbocycles. The molecule has 0 aromatic rings. The lowest BCUT2D eigenvalue weighted by Gasteiger charge is -2.08. The molecule has 0 aliphatic carbocycles. The van der Waals surface area contributed by atoms with Gasteiger partial charge in [-0.1, -0.05) is 0 Å². The van der Waals surface area contributed by atoms with Gasteiger partial charge >= 0.3 is 5.97 Å². The van der Waals surface area contributed by atoms with Gasteiger partial charge in [-0.05, 0) is 18.2 Å². The normalized spacial score (nSPS) is 12.7. The molecule has 0 bridgehead atoms. The van der Waals surface area contributed by atoms with Crippen LogP contribution < -0.4 is 4.84 Å². The van der Waals surface area contributed by atoms with Gasteiger partial charge in [-0.15, -0.1) is 0 Å². The van der Waals surface area contributed by atoms with Crippen molar-refractivity contribution in [1.29, 1.82) is 0 Å². The summed E-state index contributed by atoms with van der Waals surface area (Å²) < 4.78 is 4.36. The molecule has 60 valence electrons. The number of methoxy groups -OCH3 is 1. The van der Waals surface area contributed by atoms with Gasteiger partial charge in [-0.3, -0.25) is 4.79 Å². The molecule has 4 nitrogen and oxygen atoms in total. The first-order chi connectivity index (χ1) is 4.76. The van der Waals surface area contributed by atoms with Crippen molar-refractivity contribution in [2.75, 3.05) is 13.7 Å². The minimum absolute atomic E-state index is 0.0977. The number of carbonyl (C=O) groups excluding carboxylic acids is 1. The molecule has 10 heavy (non-hydrogen) atoms. The van der Waals surface area contributed by atoms with Crippen LogP contribution in [0.3, 0.4) is 0 Å². The molecule has 1 atom stereocenters. The highest BCUT2D eigenvalue weighted by Gasteiger charge is 2.16. The lowest BCUT2D eigenvalue weighted by molar-refractivity contribution is -0.143. The fourth-order valence-corrected chi connectivity index (χ4v) is 0.687. The average Bonchev–Trinajstić information content (AvgIpc) is 1.99. The first-order valence-corrected chi connectivity index (χ1v) is 3.19. The molecule has 2 N–H and O–H groups in total. The van der Waals surface area contributed by atoms with E-state index in [0.717, 1.165) is 0 Å². The fourth-order valence-electron chi connectivity index (χ4n) is 0.488. The van der Waals surface area contributed by atoms with Crippen LogP contribution in [0.5, 0.6) is 0 Å². The van der Waals surface area contributed by atoms with E-state index in [1.54, 1.807) is 0 Å². The molecule has 0 fully saturated rings. The third kappa shape index (κ3) is 3.00. The SMILES string of the molecule is COC(=O)C(CCO)NCl. The molecular weight excluding hydrogens is 158 g/mol. The molecule has 1 unspecified atom stereocenters. The fraction of sp³-hybridized carbons (Fsp3) is 0.800. The van der Waals surface area contributed by atoms with Crippen LogP contribution in [0.15, 0.2) is 0 Å². The summed E-state index contributed by atoms with van der Waals surface area (Å²) in [6, 6.07) is -0.614. The van der Waals surface area contributed by atoms with Gasteiger partial charge in [0.25, 0.3) is 0 Å². The van der Waals surface area contributed by atoms with Crippen molar-refractivity contribution in [2.45, 2.75) is 12.5 Å². The van der Waals surface area contributed by atoms with Gasteiger partial charge in [0.2, 0.25) is 0 Å². The molecule has 0 aliphatic heterocycles. The maximum absolute atomic E-state index is 10.7. The van der Waals surface area contributed by atoms with Crippen molar-refractivity contribution in [3.63, 3.8) is 0 Å². The number of hydrogen-bond acceptors (Lipinski definition) is 4. The van der Waals surface area contributed by atoms with Crippen LogP contribution in [0.25, 0.3) is 0 Å². The zero-order chi connectivity index (χ0) is 7.98. The number of nitrogens with one attached hydrogen (secondary N) is 1. The maximum atomic E-state index is 10.7. The van der Waals surface area contributed by atoms with Gasteiger partial charge in [0, 0.05) is 6.61 Å². The number of carbonyl (C=O) groups is 1. The van der Waals surface area contributed by atoms with Crippen molar-refractivity contribution in [3.05, 3.63) is 0 Å². The van der Waals surface area contributed by atoms with E-state index in [9.17, 15) is 4.79 Å². The molecule has 0 spiro atoms. The van der Waals surface area contributed by atoms with E-state index >= 15 is 0 Å². The monoisotopic (exact) mass is 167 g/mol. The summed E-state index contributed by atoms with van der Waals surface area (Å²) in [6.07, 6.45) is 0.260. The summed E-state index contributed by atoms with van der Waals surface area (Å²) in [5, 5.41) is 8.41. The van der Waals surface area contributed by atoms with Gasteiger partial charge in [0.05, 0.1) is 7.11 Å². The number of halogens is 1. The van der Waals surface area contributed by atoms with Crippen molar-refractivity contribution in [2.24, 2.45) is 0 Å². The predicted molar refractivity (Wildman–Crippen MR) is 36.5 cm³/mol. The van der Waals surface area contributed by atoms with Crippen molar-refractivity contribution in [1.82, 2.24) is 4.84 Å². The van der Waals surface area contributed by atoms with E-state index in [0.29, 0.717) is 0 Å². The van der Waals surface area contributed by atoms with Crippen LogP contribution >= 0.6 is 11.8 Å². The first-order valence-electron chi connectivity index (χ1n) is 2.81. The highest BCUT2D eigenvalue weighted by atomic mass is 35.5.